The van der Waals surface area contributed by atoms with Crippen LogP contribution in [0, 0.1) is 0 Å². The number of rotatable bonds is 12. The van der Waals surface area contributed by atoms with Gasteiger partial charge in [0.2, 0.25) is 10.0 Å². The van der Waals surface area contributed by atoms with Gasteiger partial charge in [-0.15, -0.1) is 0 Å². The fourth-order valence-electron chi connectivity index (χ4n) is 4.53. The maximum atomic E-state index is 13.6. The van der Waals surface area contributed by atoms with E-state index in [2.05, 4.69) is 15.6 Å². The van der Waals surface area contributed by atoms with Crippen molar-refractivity contribution in [2.24, 2.45) is 0 Å². The summed E-state index contributed by atoms with van der Waals surface area (Å²) in [5, 5.41) is 16.9. The summed E-state index contributed by atoms with van der Waals surface area (Å²) >= 11 is 0. The highest BCUT2D eigenvalue weighted by Crippen LogP contribution is 2.30. The Morgan fingerprint density at radius 1 is 0.930 bits per heavy atom. The van der Waals surface area contributed by atoms with Gasteiger partial charge in [0, 0.05) is 19.3 Å². The number of alkyl halides is 3. The highest BCUT2D eigenvalue weighted by Gasteiger charge is 2.31. The molecule has 0 fully saturated rings. The molecule has 0 spiro atoms. The summed E-state index contributed by atoms with van der Waals surface area (Å²) in [6, 6.07) is 24.3. The lowest BCUT2D eigenvalue weighted by Crippen LogP contribution is -2.49. The summed E-state index contributed by atoms with van der Waals surface area (Å²) in [6.45, 7) is 0.00747. The summed E-state index contributed by atoms with van der Waals surface area (Å²) in [5.41, 5.74) is 0.689. The predicted octanol–water partition coefficient (Wildman–Crippen LogP) is 4.69. The first-order valence-electron chi connectivity index (χ1n) is 13.3. The van der Waals surface area contributed by atoms with E-state index in [1.54, 1.807) is 36.4 Å². The zero-order valence-corrected chi connectivity index (χ0v) is 24.0. The number of nitrogens with one attached hydrogen (secondary N) is 2. The first kappa shape index (κ1) is 31.7. The van der Waals surface area contributed by atoms with Gasteiger partial charge in [-0.1, -0.05) is 66.7 Å². The number of pyridine rings is 1. The van der Waals surface area contributed by atoms with Crippen LogP contribution in [0.25, 0.3) is 0 Å². The van der Waals surface area contributed by atoms with E-state index in [1.807, 2.05) is 30.3 Å². The van der Waals surface area contributed by atoms with Crippen LogP contribution in [0.15, 0.2) is 103 Å². The number of carbonyl (C=O) groups is 1. The minimum atomic E-state index is -4.47. The Morgan fingerprint density at radius 3 is 2.23 bits per heavy atom. The number of sulfonamides is 1. The number of aliphatic hydroxyl groups excluding tert-OH is 1. The fraction of sp³-hybridized carbons (Fsp3) is 0.226. The molecule has 4 aromatic rings. The molecule has 3 N–H and O–H groups in total. The van der Waals surface area contributed by atoms with Crippen molar-refractivity contribution in [1.82, 2.24) is 15.6 Å². The van der Waals surface area contributed by atoms with Gasteiger partial charge < -0.3 is 15.7 Å². The molecule has 2 atom stereocenters. The number of benzene rings is 3. The molecule has 1 aromatic heterocycles. The van der Waals surface area contributed by atoms with E-state index in [4.69, 9.17) is 0 Å². The van der Waals surface area contributed by atoms with Crippen LogP contribution >= 0.6 is 0 Å². The molecule has 1 amide bonds. The molecule has 0 saturated heterocycles. The quantitative estimate of drug-likeness (QED) is 0.214. The number of halogens is 3. The van der Waals surface area contributed by atoms with Crippen LogP contribution in [-0.4, -0.2) is 49.4 Å². The normalized spacial score (nSPS) is 13.2. The largest absolute Gasteiger partial charge is 0.416 e. The predicted molar refractivity (Wildman–Crippen MR) is 158 cm³/mol. The Kier molecular flexibility index (Phi) is 10.2. The second-order valence-electron chi connectivity index (χ2n) is 9.90. The van der Waals surface area contributed by atoms with Gasteiger partial charge in [0.1, 0.15) is 0 Å². The lowest BCUT2D eigenvalue weighted by molar-refractivity contribution is -0.137. The van der Waals surface area contributed by atoms with Crippen LogP contribution in [0.3, 0.4) is 0 Å². The van der Waals surface area contributed by atoms with Gasteiger partial charge in [-0.05, 0) is 47.9 Å². The smallest absolute Gasteiger partial charge is 0.390 e. The van der Waals surface area contributed by atoms with Gasteiger partial charge in [-0.2, -0.15) is 13.2 Å². The number of aromatic nitrogens is 1. The van der Waals surface area contributed by atoms with E-state index in [0.29, 0.717) is 5.56 Å². The number of nitrogens with zero attached hydrogens (tertiary/aromatic N) is 2. The number of amides is 1. The van der Waals surface area contributed by atoms with Crippen molar-refractivity contribution in [3.63, 3.8) is 0 Å². The van der Waals surface area contributed by atoms with Crippen LogP contribution in [0.4, 0.5) is 24.7 Å². The van der Waals surface area contributed by atoms with Gasteiger partial charge in [-0.25, -0.2) is 17.7 Å². The van der Waals surface area contributed by atoms with Crippen molar-refractivity contribution in [3.05, 3.63) is 126 Å². The summed E-state index contributed by atoms with van der Waals surface area (Å²) in [6.07, 6.45) is -3.02. The summed E-state index contributed by atoms with van der Waals surface area (Å²) < 4.78 is 65.9. The highest BCUT2D eigenvalue weighted by molar-refractivity contribution is 7.92. The van der Waals surface area contributed by atoms with Crippen LogP contribution < -0.4 is 14.9 Å². The molecular formula is C31H31F3N4O4S. The number of aliphatic hydroxyl groups is 1. The highest BCUT2D eigenvalue weighted by atomic mass is 32.2. The molecule has 3 aromatic carbocycles. The molecule has 0 aliphatic heterocycles. The summed E-state index contributed by atoms with van der Waals surface area (Å²) in [7, 11) is -3.91. The van der Waals surface area contributed by atoms with E-state index in [1.165, 1.54) is 24.4 Å². The molecule has 0 saturated carbocycles. The molecule has 226 valence electrons. The first-order chi connectivity index (χ1) is 20.4. The summed E-state index contributed by atoms with van der Waals surface area (Å²) in [5.74, 6) is -0.769. The third kappa shape index (κ3) is 8.63. The molecule has 1 heterocycles. The molecule has 43 heavy (non-hydrogen) atoms. The zero-order valence-electron chi connectivity index (χ0n) is 23.2. The van der Waals surface area contributed by atoms with Crippen molar-refractivity contribution in [2.75, 3.05) is 17.1 Å². The maximum Gasteiger partial charge on any atom is 0.416 e. The van der Waals surface area contributed by atoms with E-state index < -0.39 is 39.8 Å². The minimum absolute atomic E-state index is 0.0287. The number of para-hydroxylation sites is 1. The molecular weight excluding hydrogens is 581 g/mol. The average molecular weight is 613 g/mol. The number of hydrogen-bond donors (Lipinski definition) is 3. The Bertz CT molecular complexity index is 1620. The fourth-order valence-corrected chi connectivity index (χ4v) is 5.50. The van der Waals surface area contributed by atoms with Gasteiger partial charge in [-0.3, -0.25) is 4.79 Å². The van der Waals surface area contributed by atoms with Crippen LogP contribution in [0.5, 0.6) is 0 Å². The molecule has 0 unspecified atom stereocenters. The van der Waals surface area contributed by atoms with Gasteiger partial charge in [0.15, 0.2) is 5.82 Å². The van der Waals surface area contributed by atoms with Crippen molar-refractivity contribution < 1.29 is 31.5 Å². The second-order valence-corrected chi connectivity index (χ2v) is 11.7. The van der Waals surface area contributed by atoms with E-state index in [9.17, 15) is 31.5 Å². The lowest BCUT2D eigenvalue weighted by atomic mass is 10.0. The van der Waals surface area contributed by atoms with Crippen molar-refractivity contribution in [3.8, 4) is 0 Å². The van der Waals surface area contributed by atoms with E-state index >= 15 is 0 Å². The average Bonchev–Trinajstić information content (AvgIpc) is 2.97. The van der Waals surface area contributed by atoms with Crippen LogP contribution in [0.2, 0.25) is 0 Å². The molecule has 0 aliphatic rings. The van der Waals surface area contributed by atoms with Crippen LogP contribution in [-0.2, 0) is 29.2 Å². The van der Waals surface area contributed by atoms with Crippen LogP contribution in [0.1, 0.15) is 27.0 Å². The molecule has 0 bridgehead atoms. The lowest BCUT2D eigenvalue weighted by Gasteiger charge is -2.27. The molecule has 0 radical (unpaired) electrons. The standard InChI is InChI=1S/C31H31F3N4O4S/c1-43(41,42)38(25-14-6-3-7-15-25)29-26(16-9-17-36-29)30(40)37-27(19-22-10-4-2-5-11-22)28(39)21-35-20-23-12-8-13-24(18-23)31(32,33)34/h2-18,27-28,35,39H,19-21H2,1H3,(H,37,40)/t27-,28+/m0/s1. The zero-order chi connectivity index (χ0) is 31.0. The second kappa shape index (κ2) is 13.8. The minimum Gasteiger partial charge on any atom is -0.390 e. The SMILES string of the molecule is CS(=O)(=O)N(c1ccccc1)c1ncccc1C(=O)N[C@@H](Cc1ccccc1)[C@H](O)CNCc1cccc(C(F)(F)F)c1. The van der Waals surface area contributed by atoms with E-state index in [-0.39, 0.29) is 36.6 Å². The molecule has 4 rings (SSSR count). The van der Waals surface area contributed by atoms with Gasteiger partial charge in [0.05, 0.1) is 35.2 Å². The number of hydrogen-bond acceptors (Lipinski definition) is 6. The molecule has 0 aliphatic carbocycles. The van der Waals surface area contributed by atoms with E-state index in [0.717, 1.165) is 28.3 Å². The molecule has 8 nitrogen and oxygen atoms in total. The third-order valence-electron chi connectivity index (χ3n) is 6.56. The van der Waals surface area contributed by atoms with Gasteiger partial charge in [0.25, 0.3) is 5.91 Å². The van der Waals surface area contributed by atoms with Crippen molar-refractivity contribution >= 4 is 27.4 Å². The molecule has 12 heteroatoms. The Hall–Kier alpha value is -4.26. The van der Waals surface area contributed by atoms with Crippen molar-refractivity contribution in [2.45, 2.75) is 31.3 Å². The number of anilines is 2. The Balaban J connectivity index is 1.56. The summed E-state index contributed by atoms with van der Waals surface area (Å²) in [4.78, 5) is 17.9. The maximum absolute atomic E-state index is 13.6. The number of carbonyl (C=O) groups excluding carboxylic acids is 1. The monoisotopic (exact) mass is 612 g/mol. The Morgan fingerprint density at radius 2 is 1.58 bits per heavy atom. The van der Waals surface area contributed by atoms with Gasteiger partial charge >= 0.3 is 6.18 Å². The Labute approximate surface area is 248 Å². The van der Waals surface area contributed by atoms with Crippen molar-refractivity contribution in [1.29, 1.82) is 0 Å². The first-order valence-corrected chi connectivity index (χ1v) is 15.2. The topological polar surface area (TPSA) is 112 Å². The third-order valence-corrected chi connectivity index (χ3v) is 7.61.